The summed E-state index contributed by atoms with van der Waals surface area (Å²) in [4.78, 5) is 2.44. The van der Waals surface area contributed by atoms with Crippen molar-refractivity contribution in [3.05, 3.63) is 48.2 Å². The van der Waals surface area contributed by atoms with E-state index >= 15 is 0 Å². The van der Waals surface area contributed by atoms with Gasteiger partial charge in [0.15, 0.2) is 0 Å². The molecular weight excluding hydrogens is 206 g/mol. The molecule has 0 aliphatic carbocycles. The Hall–Kier alpha value is -0.950. The molecule has 2 heteroatoms. The predicted molar refractivity (Wildman–Crippen MR) is 58.0 cm³/mol. The van der Waals surface area contributed by atoms with Gasteiger partial charge in [0.25, 0.3) is 0 Å². The summed E-state index contributed by atoms with van der Waals surface area (Å²) in [5, 5.41) is 0. The third-order valence-electron chi connectivity index (χ3n) is 3.47. The molecule has 1 aromatic carbocycles. The molecule has 1 aromatic rings. The van der Waals surface area contributed by atoms with Crippen molar-refractivity contribution >= 4 is 0 Å². The molecule has 80 valence electrons. The summed E-state index contributed by atoms with van der Waals surface area (Å²) in [6, 6.07) is 10.9. The highest BCUT2D eigenvalue weighted by Gasteiger charge is 2.30. The first-order chi connectivity index (χ1) is 6.93. The number of hydrogen-bond acceptors (Lipinski definition) is 1. The van der Waals surface area contributed by atoms with E-state index in [-0.39, 0.29) is 12.4 Å². The molecule has 1 nitrogen and oxygen atoms in total. The van der Waals surface area contributed by atoms with Crippen molar-refractivity contribution in [2.45, 2.75) is 12.3 Å². The summed E-state index contributed by atoms with van der Waals surface area (Å²) in [7, 11) is 0. The third-order valence-corrected chi connectivity index (χ3v) is 3.47. The minimum absolute atomic E-state index is 0. The van der Waals surface area contributed by atoms with Gasteiger partial charge in [-0.05, 0) is 24.1 Å². The van der Waals surface area contributed by atoms with Gasteiger partial charge in [0.2, 0.25) is 0 Å². The fraction of sp³-hybridized carbons (Fsp3) is 0.385. The lowest BCUT2D eigenvalue weighted by Gasteiger charge is -2.41. The molecule has 1 fully saturated rings. The second kappa shape index (κ2) is 4.28. The molecule has 0 saturated carbocycles. The van der Waals surface area contributed by atoms with Crippen molar-refractivity contribution in [2.75, 3.05) is 13.1 Å². The van der Waals surface area contributed by atoms with Gasteiger partial charge in [-0.3, -0.25) is 0 Å². The van der Waals surface area contributed by atoms with Gasteiger partial charge in [-0.2, -0.15) is 0 Å². The number of hydrogen-bond donors (Lipinski definition) is 0. The third kappa shape index (κ3) is 1.89. The van der Waals surface area contributed by atoms with Gasteiger partial charge in [-0.25, -0.2) is 0 Å². The second-order valence-corrected chi connectivity index (χ2v) is 4.31. The van der Waals surface area contributed by atoms with Gasteiger partial charge in [-0.1, -0.05) is 36.4 Å². The minimum Gasteiger partial charge on any atom is -1.00 e. The van der Waals surface area contributed by atoms with Crippen LogP contribution in [0.5, 0.6) is 0 Å². The Kier molecular flexibility index (Phi) is 3.01. The van der Waals surface area contributed by atoms with E-state index in [2.05, 4.69) is 47.5 Å². The molecule has 3 heterocycles. The lowest BCUT2D eigenvalue weighted by Crippen LogP contribution is -3.00. The lowest BCUT2D eigenvalue weighted by atomic mass is 9.79. The van der Waals surface area contributed by atoms with Crippen LogP contribution in [0.15, 0.2) is 42.6 Å². The average Bonchev–Trinajstić information content (AvgIpc) is 2.32. The van der Waals surface area contributed by atoms with Gasteiger partial charge < -0.3 is 17.3 Å². The molecule has 15 heavy (non-hydrogen) atoms. The van der Waals surface area contributed by atoms with Crippen LogP contribution in [0.25, 0.3) is 0 Å². The molecule has 0 aromatic heterocycles. The summed E-state index contributed by atoms with van der Waals surface area (Å²) < 4.78 is 0. The maximum absolute atomic E-state index is 2.44. The maximum Gasteiger partial charge on any atom is 0.0246 e. The summed E-state index contributed by atoms with van der Waals surface area (Å²) in [6.45, 7) is 2.47. The lowest BCUT2D eigenvalue weighted by molar-refractivity contribution is -0.00000277. The Morgan fingerprint density at radius 1 is 1.13 bits per heavy atom. The zero-order valence-electron chi connectivity index (χ0n) is 8.64. The zero-order chi connectivity index (χ0) is 9.38. The van der Waals surface area contributed by atoms with E-state index in [9.17, 15) is 0 Å². The number of rotatable bonds is 1. The first kappa shape index (κ1) is 10.6. The Bertz CT molecular complexity index is 347. The van der Waals surface area contributed by atoms with Crippen molar-refractivity contribution in [1.29, 1.82) is 0 Å². The quantitative estimate of drug-likeness (QED) is 0.624. The van der Waals surface area contributed by atoms with Crippen LogP contribution in [0.4, 0.5) is 0 Å². The first-order valence-electron chi connectivity index (χ1n) is 5.41. The van der Waals surface area contributed by atoms with Crippen LogP contribution in [0, 0.1) is 5.92 Å². The molecule has 3 aliphatic heterocycles. The molecular formula is C13H15ClN-. The highest BCUT2D eigenvalue weighted by Crippen LogP contribution is 2.36. The normalized spacial score (nSPS) is 27.6. The van der Waals surface area contributed by atoms with Crippen LogP contribution in [-0.2, 0) is 0 Å². The van der Waals surface area contributed by atoms with Crippen LogP contribution < -0.4 is 12.4 Å². The standard InChI is InChI=1S/C13H15N.ClH/c1-2-4-11(5-3-1)13-10-14-8-6-12(13)7-9-14;/h1-6,8,12-13H,7,9-10H2;1H/p-1. The summed E-state index contributed by atoms with van der Waals surface area (Å²) >= 11 is 0. The van der Waals surface area contributed by atoms with Crippen LogP contribution in [0.2, 0.25) is 0 Å². The van der Waals surface area contributed by atoms with Crippen molar-refractivity contribution in [1.82, 2.24) is 4.90 Å². The highest BCUT2D eigenvalue weighted by molar-refractivity contribution is 5.25. The van der Waals surface area contributed by atoms with Gasteiger partial charge in [0, 0.05) is 19.0 Å². The number of piperidine rings is 1. The summed E-state index contributed by atoms with van der Waals surface area (Å²) in [6.07, 6.45) is 5.98. The molecule has 0 amide bonds. The van der Waals surface area contributed by atoms with Gasteiger partial charge in [0.05, 0.1) is 0 Å². The van der Waals surface area contributed by atoms with Crippen LogP contribution in [0.3, 0.4) is 0 Å². The molecule has 2 unspecified atom stereocenters. The van der Waals surface area contributed by atoms with Crippen LogP contribution in [0.1, 0.15) is 17.9 Å². The first-order valence-corrected chi connectivity index (χ1v) is 5.41. The fourth-order valence-corrected chi connectivity index (χ4v) is 2.65. The van der Waals surface area contributed by atoms with Crippen molar-refractivity contribution < 1.29 is 12.4 Å². The molecule has 0 radical (unpaired) electrons. The van der Waals surface area contributed by atoms with Crippen LogP contribution in [-0.4, -0.2) is 18.0 Å². The number of fused-ring (bicyclic) bond motifs is 2. The largest absolute Gasteiger partial charge is 1.00 e. The van der Waals surface area contributed by atoms with Crippen molar-refractivity contribution in [3.8, 4) is 0 Å². The molecule has 4 rings (SSSR count). The summed E-state index contributed by atoms with van der Waals surface area (Å²) in [5.74, 6) is 1.51. The van der Waals surface area contributed by atoms with E-state index in [1.807, 2.05) is 0 Å². The Morgan fingerprint density at radius 2 is 1.93 bits per heavy atom. The topological polar surface area (TPSA) is 3.24 Å². The summed E-state index contributed by atoms with van der Waals surface area (Å²) in [5.41, 5.74) is 1.51. The van der Waals surface area contributed by atoms with E-state index in [1.54, 1.807) is 0 Å². The second-order valence-electron chi connectivity index (χ2n) is 4.31. The number of benzene rings is 1. The van der Waals surface area contributed by atoms with Crippen LogP contribution >= 0.6 is 0 Å². The van der Waals surface area contributed by atoms with Gasteiger partial charge >= 0.3 is 0 Å². The highest BCUT2D eigenvalue weighted by atomic mass is 35.5. The monoisotopic (exact) mass is 220 g/mol. The van der Waals surface area contributed by atoms with E-state index in [4.69, 9.17) is 0 Å². The molecule has 0 N–H and O–H groups in total. The van der Waals surface area contributed by atoms with E-state index in [0.717, 1.165) is 11.8 Å². The maximum atomic E-state index is 2.44. The molecule has 2 bridgehead atoms. The number of nitrogens with zero attached hydrogens (tertiary/aromatic N) is 1. The smallest absolute Gasteiger partial charge is 0.0246 e. The Morgan fingerprint density at radius 3 is 2.47 bits per heavy atom. The predicted octanol–water partition coefficient (Wildman–Crippen LogP) is -0.377. The molecule has 3 aliphatic rings. The SMILES string of the molecule is C1=CN2CCC1C(c1ccccc1)C2.[Cl-]. The fourth-order valence-electron chi connectivity index (χ4n) is 2.65. The molecule has 2 atom stereocenters. The number of halogens is 1. The van der Waals surface area contributed by atoms with Crippen molar-refractivity contribution in [3.63, 3.8) is 0 Å². The molecule has 0 spiro atoms. The van der Waals surface area contributed by atoms with E-state index < -0.39 is 0 Å². The zero-order valence-corrected chi connectivity index (χ0v) is 9.40. The van der Waals surface area contributed by atoms with E-state index in [1.165, 1.54) is 25.1 Å². The Labute approximate surface area is 97.2 Å². The minimum atomic E-state index is 0. The van der Waals surface area contributed by atoms with Gasteiger partial charge in [-0.15, -0.1) is 0 Å². The number of allylic oxidation sites excluding steroid dienone is 1. The van der Waals surface area contributed by atoms with Gasteiger partial charge in [0.1, 0.15) is 0 Å². The van der Waals surface area contributed by atoms with Crippen molar-refractivity contribution in [2.24, 2.45) is 5.92 Å². The van der Waals surface area contributed by atoms with E-state index in [0.29, 0.717) is 0 Å². The Balaban J connectivity index is 0.000000853. The molecule has 1 saturated heterocycles. The average molecular weight is 221 g/mol.